The standard InChI is InChI=1S/C22H33N3OS/c1-13-14(2)25(19-4-5-19)21(23-13)27-12-20(26)24-15(3)22-9-16-6-17(10-22)8-18(7-16)11-22/h15-19H,4-12H2,1-3H3,(H,24,26)/t15-,16?,17?,18?,22?/m1/s1. The predicted molar refractivity (Wildman–Crippen MR) is 109 cm³/mol. The van der Waals surface area contributed by atoms with Crippen LogP contribution in [0.5, 0.6) is 0 Å². The zero-order valence-corrected chi connectivity index (χ0v) is 17.8. The third-order valence-corrected chi connectivity index (χ3v) is 8.93. The first-order valence-electron chi connectivity index (χ1n) is 10.9. The molecule has 5 fully saturated rings. The number of nitrogens with zero attached hydrogens (tertiary/aromatic N) is 2. The molecule has 148 valence electrons. The van der Waals surface area contributed by atoms with Crippen molar-refractivity contribution in [2.24, 2.45) is 23.2 Å². The van der Waals surface area contributed by atoms with E-state index in [0.29, 0.717) is 23.3 Å². The minimum Gasteiger partial charge on any atom is -0.352 e. The van der Waals surface area contributed by atoms with Gasteiger partial charge >= 0.3 is 0 Å². The molecule has 0 aliphatic heterocycles. The van der Waals surface area contributed by atoms with E-state index in [2.05, 4.69) is 30.7 Å². The number of rotatable bonds is 6. The molecule has 0 spiro atoms. The van der Waals surface area contributed by atoms with Gasteiger partial charge < -0.3 is 9.88 Å². The molecule has 5 aliphatic rings. The summed E-state index contributed by atoms with van der Waals surface area (Å²) >= 11 is 1.62. The van der Waals surface area contributed by atoms with Crippen LogP contribution >= 0.6 is 11.8 Å². The Kier molecular flexibility index (Phi) is 4.38. The molecule has 1 N–H and O–H groups in total. The summed E-state index contributed by atoms with van der Waals surface area (Å²) in [5, 5.41) is 4.43. The van der Waals surface area contributed by atoms with Crippen molar-refractivity contribution >= 4 is 17.7 Å². The Hall–Kier alpha value is -0.970. The van der Waals surface area contributed by atoms with Gasteiger partial charge in [0.25, 0.3) is 0 Å². The minimum atomic E-state index is 0.184. The fraction of sp³-hybridized carbons (Fsp3) is 0.818. The molecule has 5 saturated carbocycles. The third-order valence-electron chi connectivity index (χ3n) is 7.98. The van der Waals surface area contributed by atoms with Crippen LogP contribution in [0.3, 0.4) is 0 Å². The maximum Gasteiger partial charge on any atom is 0.230 e. The number of amides is 1. The fourth-order valence-electron chi connectivity index (χ4n) is 6.73. The number of thioether (sulfide) groups is 1. The molecule has 0 saturated heterocycles. The van der Waals surface area contributed by atoms with Gasteiger partial charge in [-0.15, -0.1) is 0 Å². The lowest BCUT2D eigenvalue weighted by atomic mass is 9.48. The van der Waals surface area contributed by atoms with Crippen LogP contribution in [0.25, 0.3) is 0 Å². The van der Waals surface area contributed by atoms with Gasteiger partial charge in [0.05, 0.1) is 11.4 Å². The van der Waals surface area contributed by atoms with Gasteiger partial charge in [-0.1, -0.05) is 11.8 Å². The van der Waals surface area contributed by atoms with E-state index in [-0.39, 0.29) is 5.91 Å². The molecule has 1 heterocycles. The van der Waals surface area contributed by atoms with Crippen molar-refractivity contribution in [2.75, 3.05) is 5.75 Å². The Labute approximate surface area is 167 Å². The van der Waals surface area contributed by atoms with Crippen LogP contribution in [-0.4, -0.2) is 27.3 Å². The van der Waals surface area contributed by atoms with Gasteiger partial charge in [-0.2, -0.15) is 0 Å². The second-order valence-corrected chi connectivity index (χ2v) is 11.0. The van der Waals surface area contributed by atoms with Gasteiger partial charge in [0, 0.05) is 17.8 Å². The van der Waals surface area contributed by atoms with Crippen molar-refractivity contribution in [1.29, 1.82) is 0 Å². The summed E-state index contributed by atoms with van der Waals surface area (Å²) < 4.78 is 2.36. The lowest BCUT2D eigenvalue weighted by molar-refractivity contribution is -0.123. The number of carbonyl (C=O) groups is 1. The van der Waals surface area contributed by atoms with Crippen LogP contribution in [0, 0.1) is 37.0 Å². The fourth-order valence-corrected chi connectivity index (χ4v) is 7.71. The van der Waals surface area contributed by atoms with E-state index >= 15 is 0 Å². The first-order chi connectivity index (χ1) is 12.9. The SMILES string of the molecule is Cc1nc(SCC(=O)N[C@H](C)C23CC4CC(CC(C4)C2)C3)n(C2CC2)c1C. The largest absolute Gasteiger partial charge is 0.352 e. The van der Waals surface area contributed by atoms with Crippen LogP contribution in [-0.2, 0) is 4.79 Å². The van der Waals surface area contributed by atoms with Gasteiger partial charge in [-0.3, -0.25) is 4.79 Å². The number of hydrogen-bond acceptors (Lipinski definition) is 3. The Balaban J connectivity index is 1.21. The summed E-state index contributed by atoms with van der Waals surface area (Å²) in [6, 6.07) is 0.924. The summed E-state index contributed by atoms with van der Waals surface area (Å²) in [5.41, 5.74) is 2.75. The number of carbonyl (C=O) groups excluding carboxylic acids is 1. The molecule has 1 aromatic heterocycles. The summed E-state index contributed by atoms with van der Waals surface area (Å²) in [7, 11) is 0. The van der Waals surface area contributed by atoms with E-state index in [0.717, 1.165) is 28.6 Å². The molecular formula is C22H33N3OS. The summed E-state index contributed by atoms with van der Waals surface area (Å²) in [6.07, 6.45) is 10.9. The van der Waals surface area contributed by atoms with E-state index in [1.54, 1.807) is 11.8 Å². The number of nitrogens with one attached hydrogen (secondary N) is 1. The summed E-state index contributed by atoms with van der Waals surface area (Å²) in [5.74, 6) is 3.47. The molecule has 1 atom stereocenters. The Bertz CT molecular complexity index is 716. The van der Waals surface area contributed by atoms with E-state index in [9.17, 15) is 4.79 Å². The van der Waals surface area contributed by atoms with Gasteiger partial charge in [0.2, 0.25) is 5.91 Å². The average molecular weight is 388 g/mol. The van der Waals surface area contributed by atoms with Crippen LogP contribution < -0.4 is 5.32 Å². The molecule has 0 aromatic carbocycles. The van der Waals surface area contributed by atoms with Crippen molar-refractivity contribution in [3.63, 3.8) is 0 Å². The second-order valence-electron chi connectivity index (χ2n) is 10.0. The second kappa shape index (κ2) is 6.53. The highest BCUT2D eigenvalue weighted by molar-refractivity contribution is 7.99. The molecular weight excluding hydrogens is 354 g/mol. The molecule has 6 rings (SSSR count). The summed E-state index contributed by atoms with van der Waals surface area (Å²) in [4.78, 5) is 17.5. The molecule has 27 heavy (non-hydrogen) atoms. The predicted octanol–water partition coefficient (Wildman–Crippen LogP) is 4.65. The van der Waals surface area contributed by atoms with Gasteiger partial charge in [0.15, 0.2) is 5.16 Å². The maximum atomic E-state index is 12.7. The normalized spacial score (nSPS) is 35.4. The van der Waals surface area contributed by atoms with E-state index in [1.807, 2.05) is 0 Å². The highest BCUT2D eigenvalue weighted by Crippen LogP contribution is 2.61. The number of aromatic nitrogens is 2. The van der Waals surface area contributed by atoms with E-state index in [4.69, 9.17) is 4.98 Å². The maximum absolute atomic E-state index is 12.7. The van der Waals surface area contributed by atoms with Crippen molar-refractivity contribution in [3.8, 4) is 0 Å². The lowest BCUT2D eigenvalue weighted by Crippen LogP contribution is -2.56. The van der Waals surface area contributed by atoms with Crippen LogP contribution in [0.1, 0.15) is 75.7 Å². The third kappa shape index (κ3) is 3.24. The zero-order chi connectivity index (χ0) is 18.8. The van der Waals surface area contributed by atoms with Crippen LogP contribution in [0.15, 0.2) is 5.16 Å². The number of imidazole rings is 1. The highest BCUT2D eigenvalue weighted by Gasteiger charge is 2.53. The highest BCUT2D eigenvalue weighted by atomic mass is 32.2. The molecule has 0 radical (unpaired) electrons. The molecule has 1 amide bonds. The smallest absolute Gasteiger partial charge is 0.230 e. The van der Waals surface area contributed by atoms with Crippen molar-refractivity contribution in [2.45, 2.75) is 89.4 Å². The monoisotopic (exact) mass is 387 g/mol. The van der Waals surface area contributed by atoms with Crippen LogP contribution in [0.4, 0.5) is 0 Å². The first kappa shape index (κ1) is 18.1. The Morgan fingerprint density at radius 3 is 2.33 bits per heavy atom. The molecule has 1 aromatic rings. The molecule has 4 nitrogen and oxygen atoms in total. The molecule has 5 aliphatic carbocycles. The molecule has 5 heteroatoms. The number of aryl methyl sites for hydroxylation is 1. The topological polar surface area (TPSA) is 46.9 Å². The van der Waals surface area contributed by atoms with Crippen molar-refractivity contribution in [3.05, 3.63) is 11.4 Å². The lowest BCUT2D eigenvalue weighted by Gasteiger charge is -2.59. The first-order valence-corrected chi connectivity index (χ1v) is 11.9. The number of hydrogen-bond donors (Lipinski definition) is 1. The van der Waals surface area contributed by atoms with Crippen molar-refractivity contribution < 1.29 is 4.79 Å². The summed E-state index contributed by atoms with van der Waals surface area (Å²) in [6.45, 7) is 6.50. The van der Waals surface area contributed by atoms with Gasteiger partial charge in [0.1, 0.15) is 0 Å². The molecule has 4 bridgehead atoms. The Morgan fingerprint density at radius 2 is 1.78 bits per heavy atom. The quantitative estimate of drug-likeness (QED) is 0.723. The average Bonchev–Trinajstić information content (AvgIpc) is 3.39. The Morgan fingerprint density at radius 1 is 1.19 bits per heavy atom. The van der Waals surface area contributed by atoms with Gasteiger partial charge in [-0.25, -0.2) is 4.98 Å². The minimum absolute atomic E-state index is 0.184. The van der Waals surface area contributed by atoms with Crippen molar-refractivity contribution in [1.82, 2.24) is 14.9 Å². The van der Waals surface area contributed by atoms with Crippen LogP contribution in [0.2, 0.25) is 0 Å². The van der Waals surface area contributed by atoms with E-state index < -0.39 is 0 Å². The van der Waals surface area contributed by atoms with E-state index in [1.165, 1.54) is 57.1 Å². The van der Waals surface area contributed by atoms with Gasteiger partial charge in [-0.05, 0) is 95.3 Å². The molecule has 0 unspecified atom stereocenters. The zero-order valence-electron chi connectivity index (χ0n) is 17.0.